The molecule has 0 radical (unpaired) electrons. The molecular formula is C29H32N2OS. The number of fused-ring (bicyclic) bond motifs is 3. The first-order valence-electron chi connectivity index (χ1n) is 12.3. The van der Waals surface area contributed by atoms with Crippen molar-refractivity contribution in [3.8, 4) is 11.3 Å². The number of hydrogen-bond donors (Lipinski definition) is 1. The zero-order chi connectivity index (χ0) is 22.6. The fraction of sp³-hybridized carbons (Fsp3) is 0.379. The Morgan fingerprint density at radius 1 is 1.06 bits per heavy atom. The second kappa shape index (κ2) is 10.1. The number of aromatic nitrogens is 2. The van der Waals surface area contributed by atoms with Crippen LogP contribution < -0.4 is 5.56 Å². The molecule has 0 saturated heterocycles. The summed E-state index contributed by atoms with van der Waals surface area (Å²) in [5.74, 6) is 2.20. The van der Waals surface area contributed by atoms with Gasteiger partial charge in [0.15, 0.2) is 5.16 Å². The van der Waals surface area contributed by atoms with Crippen LogP contribution in [0.2, 0.25) is 0 Å². The molecule has 1 heterocycles. The molecule has 1 N–H and O–H groups in total. The van der Waals surface area contributed by atoms with E-state index in [-0.39, 0.29) is 5.56 Å². The minimum Gasteiger partial charge on any atom is -0.301 e. The third kappa shape index (κ3) is 4.86. The number of H-pyrrole nitrogens is 1. The Morgan fingerprint density at radius 2 is 1.82 bits per heavy atom. The van der Waals surface area contributed by atoms with Gasteiger partial charge in [-0.3, -0.25) is 4.79 Å². The van der Waals surface area contributed by atoms with Crippen molar-refractivity contribution in [3.05, 3.63) is 93.8 Å². The molecule has 2 aliphatic carbocycles. The lowest BCUT2D eigenvalue weighted by atomic mass is 9.74. The van der Waals surface area contributed by atoms with Crippen LogP contribution in [0, 0.1) is 5.92 Å². The summed E-state index contributed by atoms with van der Waals surface area (Å²) in [5, 5.41) is 0.724. The van der Waals surface area contributed by atoms with E-state index in [2.05, 4.69) is 78.7 Å². The van der Waals surface area contributed by atoms with Crippen molar-refractivity contribution in [3.63, 3.8) is 0 Å². The monoisotopic (exact) mass is 456 g/mol. The summed E-state index contributed by atoms with van der Waals surface area (Å²) in [4.78, 5) is 21.4. The van der Waals surface area contributed by atoms with E-state index in [4.69, 9.17) is 4.98 Å². The van der Waals surface area contributed by atoms with Crippen LogP contribution in [0.3, 0.4) is 0 Å². The van der Waals surface area contributed by atoms with Gasteiger partial charge in [-0.25, -0.2) is 4.98 Å². The number of hydrogen-bond acceptors (Lipinski definition) is 3. The third-order valence-corrected chi connectivity index (χ3v) is 8.15. The van der Waals surface area contributed by atoms with Crippen molar-refractivity contribution in [2.45, 2.75) is 62.4 Å². The number of allylic oxidation sites excluding steroid dienone is 1. The predicted octanol–water partition coefficient (Wildman–Crippen LogP) is 7.11. The van der Waals surface area contributed by atoms with Crippen LogP contribution >= 0.6 is 11.8 Å². The molecule has 5 rings (SSSR count). The highest BCUT2D eigenvalue weighted by atomic mass is 32.2. The van der Waals surface area contributed by atoms with Crippen molar-refractivity contribution in [1.82, 2.24) is 9.97 Å². The zero-order valence-corrected chi connectivity index (χ0v) is 20.1. The number of benzene rings is 2. The van der Waals surface area contributed by atoms with Gasteiger partial charge < -0.3 is 4.98 Å². The summed E-state index contributed by atoms with van der Waals surface area (Å²) in [7, 11) is 0. The van der Waals surface area contributed by atoms with E-state index >= 15 is 0 Å². The third-order valence-electron chi connectivity index (χ3n) is 7.33. The molecular weight excluding hydrogens is 424 g/mol. The van der Waals surface area contributed by atoms with Gasteiger partial charge in [-0.2, -0.15) is 0 Å². The van der Waals surface area contributed by atoms with Gasteiger partial charge in [0.1, 0.15) is 0 Å². The highest BCUT2D eigenvalue weighted by Crippen LogP contribution is 2.45. The number of nitrogens with zero attached hydrogens (tertiary/aromatic N) is 1. The van der Waals surface area contributed by atoms with Crippen LogP contribution in [0.15, 0.2) is 76.7 Å². The van der Waals surface area contributed by atoms with E-state index in [1.165, 1.54) is 36.8 Å². The SMILES string of the molecule is C[C@H](C/C=C/CSc1nc2c(c(=O)[nH]1)[C@@H](C1CCCC1)Cc1ccccc1-2)c1ccccc1. The molecule has 3 nitrogen and oxygen atoms in total. The van der Waals surface area contributed by atoms with E-state index in [0.29, 0.717) is 17.8 Å². The lowest BCUT2D eigenvalue weighted by Gasteiger charge is -2.30. The van der Waals surface area contributed by atoms with Crippen LogP contribution in [0.1, 0.15) is 67.6 Å². The summed E-state index contributed by atoms with van der Waals surface area (Å²) in [5.41, 5.74) is 5.76. The summed E-state index contributed by atoms with van der Waals surface area (Å²) in [6.07, 6.45) is 11.4. The molecule has 0 amide bonds. The minimum absolute atomic E-state index is 0.0654. The van der Waals surface area contributed by atoms with Gasteiger partial charge in [0.05, 0.1) is 5.69 Å². The highest BCUT2D eigenvalue weighted by molar-refractivity contribution is 7.99. The molecule has 2 aromatic carbocycles. The van der Waals surface area contributed by atoms with Gasteiger partial charge in [0.25, 0.3) is 5.56 Å². The maximum absolute atomic E-state index is 13.3. The van der Waals surface area contributed by atoms with Gasteiger partial charge in [-0.05, 0) is 54.6 Å². The molecule has 1 aromatic heterocycles. The molecule has 0 spiro atoms. The van der Waals surface area contributed by atoms with Crippen molar-refractivity contribution < 1.29 is 0 Å². The van der Waals surface area contributed by atoms with E-state index in [1.54, 1.807) is 11.8 Å². The van der Waals surface area contributed by atoms with Crippen molar-refractivity contribution >= 4 is 11.8 Å². The lowest BCUT2D eigenvalue weighted by molar-refractivity contribution is 0.424. The summed E-state index contributed by atoms with van der Waals surface area (Å²) >= 11 is 1.61. The van der Waals surface area contributed by atoms with Crippen molar-refractivity contribution in [1.29, 1.82) is 0 Å². The Kier molecular flexibility index (Phi) is 6.82. The molecule has 2 aliphatic rings. The quantitative estimate of drug-likeness (QED) is 0.234. The van der Waals surface area contributed by atoms with Crippen LogP contribution in [0.5, 0.6) is 0 Å². The van der Waals surface area contributed by atoms with Gasteiger partial charge in [-0.15, -0.1) is 0 Å². The van der Waals surface area contributed by atoms with Crippen molar-refractivity contribution in [2.75, 3.05) is 5.75 Å². The first-order chi connectivity index (χ1) is 16.2. The Bertz CT molecular complexity index is 1180. The average Bonchev–Trinajstić information content (AvgIpc) is 3.39. The fourth-order valence-electron chi connectivity index (χ4n) is 5.52. The van der Waals surface area contributed by atoms with Crippen LogP contribution in [0.4, 0.5) is 0 Å². The van der Waals surface area contributed by atoms with E-state index < -0.39 is 0 Å². The highest BCUT2D eigenvalue weighted by Gasteiger charge is 2.35. The van der Waals surface area contributed by atoms with Gasteiger partial charge >= 0.3 is 0 Å². The maximum Gasteiger partial charge on any atom is 0.255 e. The van der Waals surface area contributed by atoms with E-state index in [9.17, 15) is 4.79 Å². The molecule has 170 valence electrons. The Labute approximate surface area is 200 Å². The van der Waals surface area contributed by atoms with E-state index in [0.717, 1.165) is 40.6 Å². The lowest BCUT2D eigenvalue weighted by Crippen LogP contribution is -2.28. The van der Waals surface area contributed by atoms with Crippen molar-refractivity contribution in [2.24, 2.45) is 5.92 Å². The number of nitrogens with one attached hydrogen (secondary N) is 1. The minimum atomic E-state index is 0.0654. The maximum atomic E-state index is 13.3. The number of thioether (sulfide) groups is 1. The first-order valence-corrected chi connectivity index (χ1v) is 13.2. The number of aromatic amines is 1. The average molecular weight is 457 g/mol. The number of rotatable bonds is 7. The molecule has 0 aliphatic heterocycles. The molecule has 0 bridgehead atoms. The van der Waals surface area contributed by atoms with Crippen LogP contribution in [-0.4, -0.2) is 15.7 Å². The Hall–Kier alpha value is -2.59. The van der Waals surface area contributed by atoms with Gasteiger partial charge in [-0.1, -0.05) is 98.3 Å². The topological polar surface area (TPSA) is 45.8 Å². The zero-order valence-electron chi connectivity index (χ0n) is 19.3. The normalized spacial score (nSPS) is 18.9. The second-order valence-electron chi connectivity index (χ2n) is 9.48. The molecule has 1 fully saturated rings. The first kappa shape index (κ1) is 22.2. The molecule has 4 heteroatoms. The van der Waals surface area contributed by atoms with Gasteiger partial charge in [0, 0.05) is 16.9 Å². The summed E-state index contributed by atoms with van der Waals surface area (Å²) in [6, 6.07) is 19.1. The summed E-state index contributed by atoms with van der Waals surface area (Å²) < 4.78 is 0. The standard InChI is InChI=1S/C29H32N2OS/c1-20(21-12-3-2-4-13-21)11-9-10-18-33-29-30-27-24-17-8-7-16-23(24)19-25(22-14-5-6-15-22)26(27)28(32)31-29/h2-4,7-10,12-13,16-17,20,22,25H,5-6,11,14-15,18-19H2,1H3,(H,30,31,32)/b10-9+/t20-,25-/m1/s1. The van der Waals surface area contributed by atoms with Crippen LogP contribution in [-0.2, 0) is 6.42 Å². The second-order valence-corrected chi connectivity index (χ2v) is 10.5. The molecule has 0 unspecified atom stereocenters. The summed E-state index contributed by atoms with van der Waals surface area (Å²) in [6.45, 7) is 2.26. The largest absolute Gasteiger partial charge is 0.301 e. The van der Waals surface area contributed by atoms with Gasteiger partial charge in [0.2, 0.25) is 0 Å². The smallest absolute Gasteiger partial charge is 0.255 e. The predicted molar refractivity (Wildman–Crippen MR) is 138 cm³/mol. The molecule has 33 heavy (non-hydrogen) atoms. The van der Waals surface area contributed by atoms with Crippen LogP contribution in [0.25, 0.3) is 11.3 Å². The molecule has 3 aromatic rings. The molecule has 2 atom stereocenters. The van der Waals surface area contributed by atoms with E-state index in [1.807, 2.05) is 0 Å². The fourth-order valence-corrected chi connectivity index (χ4v) is 6.23. The Balaban J connectivity index is 1.32. The Morgan fingerprint density at radius 3 is 2.64 bits per heavy atom. The molecule has 1 saturated carbocycles.